The Morgan fingerprint density at radius 2 is 1.97 bits per heavy atom. The second kappa shape index (κ2) is 8.35. The van der Waals surface area contributed by atoms with E-state index < -0.39 is 6.10 Å². The summed E-state index contributed by atoms with van der Waals surface area (Å²) in [5.41, 5.74) is 5.82. The Bertz CT molecular complexity index is 1290. The molecule has 170 valence electrons. The largest absolute Gasteiger partial charge is 0.387 e. The SMILES string of the molecule is Cc1nc2c(s1)CCC2c1nc2ccc(CC3CCC(C(O)c4ccccc4)N3)cc2n1C. The van der Waals surface area contributed by atoms with Crippen molar-refractivity contribution in [3.05, 3.63) is 81.1 Å². The number of nitrogens with zero attached hydrogens (tertiary/aromatic N) is 3. The summed E-state index contributed by atoms with van der Waals surface area (Å²) in [6.45, 7) is 2.10. The summed E-state index contributed by atoms with van der Waals surface area (Å²) in [6, 6.07) is 17.2. The van der Waals surface area contributed by atoms with E-state index in [4.69, 9.17) is 9.97 Å². The van der Waals surface area contributed by atoms with Gasteiger partial charge in [0.05, 0.1) is 33.8 Å². The Hall–Kier alpha value is -2.54. The molecule has 4 aromatic rings. The minimum absolute atomic E-state index is 0.113. The maximum Gasteiger partial charge on any atom is 0.118 e. The number of aliphatic hydroxyl groups is 1. The van der Waals surface area contributed by atoms with E-state index in [1.54, 1.807) is 0 Å². The van der Waals surface area contributed by atoms with Gasteiger partial charge in [0, 0.05) is 24.0 Å². The third-order valence-corrected chi connectivity index (χ3v) is 8.44. The molecular weight excluding hydrogens is 428 g/mol. The number of nitrogens with one attached hydrogen (secondary N) is 1. The first-order valence-corrected chi connectivity index (χ1v) is 12.8. The average molecular weight is 459 g/mol. The van der Waals surface area contributed by atoms with E-state index in [0.717, 1.165) is 54.0 Å². The smallest absolute Gasteiger partial charge is 0.118 e. The predicted molar refractivity (Wildman–Crippen MR) is 133 cm³/mol. The Morgan fingerprint density at radius 3 is 2.82 bits per heavy atom. The number of fused-ring (bicyclic) bond motifs is 2. The van der Waals surface area contributed by atoms with Crippen LogP contribution in [0.4, 0.5) is 0 Å². The number of aliphatic hydroxyl groups excluding tert-OH is 1. The van der Waals surface area contributed by atoms with Gasteiger partial charge in [-0.25, -0.2) is 9.97 Å². The molecule has 33 heavy (non-hydrogen) atoms. The van der Waals surface area contributed by atoms with E-state index >= 15 is 0 Å². The molecule has 0 saturated carbocycles. The van der Waals surface area contributed by atoms with Crippen molar-refractivity contribution < 1.29 is 5.11 Å². The number of imidazole rings is 1. The van der Waals surface area contributed by atoms with Crippen LogP contribution >= 0.6 is 11.3 Å². The van der Waals surface area contributed by atoms with Crippen molar-refractivity contribution in [1.29, 1.82) is 0 Å². The number of benzene rings is 2. The molecule has 2 aromatic carbocycles. The lowest BCUT2D eigenvalue weighted by atomic mass is 10.0. The molecule has 2 N–H and O–H groups in total. The zero-order valence-electron chi connectivity index (χ0n) is 19.2. The maximum absolute atomic E-state index is 10.8. The summed E-state index contributed by atoms with van der Waals surface area (Å²) in [6.07, 6.45) is 4.81. The quantitative estimate of drug-likeness (QED) is 0.450. The highest BCUT2D eigenvalue weighted by atomic mass is 32.1. The molecule has 5 nitrogen and oxygen atoms in total. The molecular formula is C27H30N4OS. The summed E-state index contributed by atoms with van der Waals surface area (Å²) in [5, 5.41) is 15.6. The Labute approximate surface area is 198 Å². The zero-order chi connectivity index (χ0) is 22.5. The van der Waals surface area contributed by atoms with E-state index in [-0.39, 0.29) is 6.04 Å². The van der Waals surface area contributed by atoms with Crippen LogP contribution in [0.5, 0.6) is 0 Å². The third-order valence-electron chi connectivity index (χ3n) is 7.40. The van der Waals surface area contributed by atoms with Gasteiger partial charge in [-0.15, -0.1) is 11.3 Å². The number of aromatic nitrogens is 3. The van der Waals surface area contributed by atoms with Gasteiger partial charge in [-0.2, -0.15) is 0 Å². The maximum atomic E-state index is 10.8. The van der Waals surface area contributed by atoms with Crippen molar-refractivity contribution in [1.82, 2.24) is 19.9 Å². The highest BCUT2D eigenvalue weighted by Crippen LogP contribution is 2.40. The summed E-state index contributed by atoms with van der Waals surface area (Å²) in [7, 11) is 2.14. The molecule has 1 aliphatic carbocycles. The first-order valence-electron chi connectivity index (χ1n) is 12.0. The van der Waals surface area contributed by atoms with Gasteiger partial charge in [-0.3, -0.25) is 0 Å². The monoisotopic (exact) mass is 458 g/mol. The number of rotatable bonds is 5. The molecule has 1 aliphatic heterocycles. The van der Waals surface area contributed by atoms with Gasteiger partial charge in [-0.05, 0) is 62.3 Å². The lowest BCUT2D eigenvalue weighted by Gasteiger charge is -2.20. The molecule has 2 aliphatic rings. The molecule has 1 saturated heterocycles. The van der Waals surface area contributed by atoms with Gasteiger partial charge in [0.25, 0.3) is 0 Å². The van der Waals surface area contributed by atoms with Gasteiger partial charge in [0.2, 0.25) is 0 Å². The molecule has 4 atom stereocenters. The van der Waals surface area contributed by atoms with Crippen LogP contribution in [0, 0.1) is 6.92 Å². The molecule has 2 aromatic heterocycles. The lowest BCUT2D eigenvalue weighted by Crippen LogP contribution is -2.35. The van der Waals surface area contributed by atoms with Gasteiger partial charge < -0.3 is 15.0 Å². The Morgan fingerprint density at radius 1 is 1.12 bits per heavy atom. The topological polar surface area (TPSA) is 63.0 Å². The fourth-order valence-corrected chi connectivity index (χ4v) is 6.73. The Kier molecular flexibility index (Phi) is 5.32. The van der Waals surface area contributed by atoms with Crippen molar-refractivity contribution in [2.45, 2.75) is 63.1 Å². The zero-order valence-corrected chi connectivity index (χ0v) is 20.0. The van der Waals surface area contributed by atoms with E-state index in [1.165, 1.54) is 21.7 Å². The minimum atomic E-state index is -0.455. The number of thiazole rings is 1. The molecule has 6 heteroatoms. The van der Waals surface area contributed by atoms with Crippen LogP contribution in [0.1, 0.15) is 63.8 Å². The molecule has 0 radical (unpaired) electrons. The predicted octanol–water partition coefficient (Wildman–Crippen LogP) is 4.81. The van der Waals surface area contributed by atoms with Gasteiger partial charge in [-0.1, -0.05) is 36.4 Å². The molecule has 3 heterocycles. The fourth-order valence-electron chi connectivity index (χ4n) is 5.72. The summed E-state index contributed by atoms with van der Waals surface area (Å²) in [4.78, 5) is 11.3. The van der Waals surface area contributed by atoms with Crippen LogP contribution in [0.3, 0.4) is 0 Å². The first kappa shape index (κ1) is 21.0. The highest BCUT2D eigenvalue weighted by Gasteiger charge is 2.32. The summed E-state index contributed by atoms with van der Waals surface area (Å²) >= 11 is 1.84. The molecule has 0 spiro atoms. The van der Waals surface area contributed by atoms with Gasteiger partial charge >= 0.3 is 0 Å². The van der Waals surface area contributed by atoms with Gasteiger partial charge in [0.1, 0.15) is 5.82 Å². The number of hydrogen-bond donors (Lipinski definition) is 2. The molecule has 6 rings (SSSR count). The van der Waals surface area contributed by atoms with E-state index in [2.05, 4.69) is 42.1 Å². The second-order valence-electron chi connectivity index (χ2n) is 9.59. The van der Waals surface area contributed by atoms with Crippen molar-refractivity contribution in [2.75, 3.05) is 0 Å². The van der Waals surface area contributed by atoms with Crippen LogP contribution in [-0.4, -0.2) is 31.7 Å². The van der Waals surface area contributed by atoms with Crippen LogP contribution in [-0.2, 0) is 19.9 Å². The van der Waals surface area contributed by atoms with Crippen molar-refractivity contribution in [2.24, 2.45) is 7.05 Å². The van der Waals surface area contributed by atoms with Crippen molar-refractivity contribution in [3.63, 3.8) is 0 Å². The van der Waals surface area contributed by atoms with E-state index in [1.807, 2.05) is 41.7 Å². The normalized spacial score (nSPS) is 23.3. The molecule has 0 bridgehead atoms. The molecule has 0 amide bonds. The van der Waals surface area contributed by atoms with E-state index in [0.29, 0.717) is 12.0 Å². The van der Waals surface area contributed by atoms with Crippen LogP contribution < -0.4 is 5.32 Å². The molecule has 1 fully saturated rings. The first-order chi connectivity index (χ1) is 16.1. The lowest BCUT2D eigenvalue weighted by molar-refractivity contribution is 0.135. The number of aryl methyl sites for hydroxylation is 3. The highest BCUT2D eigenvalue weighted by molar-refractivity contribution is 7.11. The number of hydrogen-bond acceptors (Lipinski definition) is 5. The van der Waals surface area contributed by atoms with Crippen molar-refractivity contribution >= 4 is 22.4 Å². The average Bonchev–Trinajstić information content (AvgIpc) is 3.59. The van der Waals surface area contributed by atoms with E-state index in [9.17, 15) is 5.11 Å². The molecule has 4 unspecified atom stereocenters. The van der Waals surface area contributed by atoms with Gasteiger partial charge in [0.15, 0.2) is 0 Å². The standard InChI is InChI=1S/C27H30N4OS/c1-16-28-25-20(10-13-24(25)33-16)27-30-21-11-8-17(15-23(21)31(27)2)14-19-9-12-22(29-19)26(32)18-6-4-3-5-7-18/h3-8,11,15,19-20,22,26,29,32H,9-10,12-14H2,1-2H3. The van der Waals surface area contributed by atoms with Crippen molar-refractivity contribution in [3.8, 4) is 0 Å². The Balaban J connectivity index is 1.19. The van der Waals surface area contributed by atoms with Crippen LogP contribution in [0.25, 0.3) is 11.0 Å². The summed E-state index contributed by atoms with van der Waals surface area (Å²) in [5.74, 6) is 1.44. The second-order valence-corrected chi connectivity index (χ2v) is 10.9. The van der Waals surface area contributed by atoms with Crippen LogP contribution in [0.2, 0.25) is 0 Å². The minimum Gasteiger partial charge on any atom is -0.387 e. The third kappa shape index (κ3) is 3.80. The summed E-state index contributed by atoms with van der Waals surface area (Å²) < 4.78 is 2.28. The fraction of sp³-hybridized carbons (Fsp3) is 0.407. The van der Waals surface area contributed by atoms with Crippen LogP contribution in [0.15, 0.2) is 48.5 Å².